The molecule has 1 aliphatic rings. The molecule has 0 aromatic heterocycles. The van der Waals surface area contributed by atoms with Crippen molar-refractivity contribution >= 4 is 22.2 Å². The van der Waals surface area contributed by atoms with Gasteiger partial charge < -0.3 is 5.32 Å². The monoisotopic (exact) mass is 213 g/mol. The fourth-order valence-electron chi connectivity index (χ4n) is 1.62. The van der Waals surface area contributed by atoms with E-state index in [4.69, 9.17) is 0 Å². The number of hydrogen-bond acceptors (Lipinski definition) is 3. The van der Waals surface area contributed by atoms with Crippen molar-refractivity contribution in [2.75, 3.05) is 25.1 Å². The van der Waals surface area contributed by atoms with E-state index in [1.807, 2.05) is 6.92 Å². The van der Waals surface area contributed by atoms with Crippen LogP contribution in [-0.2, 0) is 9.84 Å². The van der Waals surface area contributed by atoms with Crippen LogP contribution in [0.4, 0.5) is 0 Å². The van der Waals surface area contributed by atoms with E-state index in [-0.39, 0.29) is 17.8 Å². The van der Waals surface area contributed by atoms with Gasteiger partial charge in [-0.3, -0.25) is 0 Å². The predicted octanol–water partition coefficient (Wildman–Crippen LogP) is 0.452. The third-order valence-corrected chi connectivity index (χ3v) is 3.29. The highest BCUT2D eigenvalue weighted by atomic mass is 35.5. The molecule has 1 fully saturated rings. The van der Waals surface area contributed by atoms with Crippen LogP contribution in [0.2, 0.25) is 0 Å². The van der Waals surface area contributed by atoms with Crippen LogP contribution >= 0.6 is 12.4 Å². The molecule has 74 valence electrons. The Bertz CT molecular complexity index is 232. The molecule has 0 amide bonds. The van der Waals surface area contributed by atoms with Crippen molar-refractivity contribution in [3.63, 3.8) is 0 Å². The highest BCUT2D eigenvalue weighted by molar-refractivity contribution is 7.90. The van der Waals surface area contributed by atoms with Crippen LogP contribution in [-0.4, -0.2) is 33.5 Å². The lowest BCUT2D eigenvalue weighted by atomic mass is 9.93. The number of rotatable bonds is 2. The van der Waals surface area contributed by atoms with Crippen molar-refractivity contribution in [2.24, 2.45) is 5.41 Å². The van der Waals surface area contributed by atoms with Gasteiger partial charge in [0.15, 0.2) is 0 Å². The van der Waals surface area contributed by atoms with E-state index in [0.29, 0.717) is 5.75 Å². The zero-order valence-electron chi connectivity index (χ0n) is 7.46. The molecule has 5 heteroatoms. The molecule has 0 saturated carbocycles. The summed E-state index contributed by atoms with van der Waals surface area (Å²) < 4.78 is 21.9. The molecular formula is C7H16ClNO2S. The van der Waals surface area contributed by atoms with Crippen molar-refractivity contribution in [1.82, 2.24) is 5.32 Å². The van der Waals surface area contributed by atoms with E-state index in [2.05, 4.69) is 5.32 Å². The molecule has 0 aromatic rings. The Morgan fingerprint density at radius 1 is 1.50 bits per heavy atom. The molecule has 0 radical (unpaired) electrons. The van der Waals surface area contributed by atoms with Gasteiger partial charge in [0.25, 0.3) is 0 Å². The number of sulfone groups is 1. The molecule has 1 unspecified atom stereocenters. The Balaban J connectivity index is 0.00000121. The molecule has 0 aromatic carbocycles. The van der Waals surface area contributed by atoms with E-state index < -0.39 is 9.84 Å². The normalized spacial score (nSPS) is 29.8. The molecule has 0 bridgehead atoms. The van der Waals surface area contributed by atoms with Crippen LogP contribution in [0.15, 0.2) is 0 Å². The molecule has 1 aliphatic heterocycles. The fourth-order valence-corrected chi connectivity index (χ4v) is 3.14. The van der Waals surface area contributed by atoms with E-state index in [9.17, 15) is 8.42 Å². The van der Waals surface area contributed by atoms with E-state index in [0.717, 1.165) is 19.5 Å². The third-order valence-electron chi connectivity index (χ3n) is 2.07. The highest BCUT2D eigenvalue weighted by Gasteiger charge is 2.31. The van der Waals surface area contributed by atoms with Crippen LogP contribution in [0.5, 0.6) is 0 Å². The summed E-state index contributed by atoms with van der Waals surface area (Å²) in [6.45, 7) is 3.81. The molecule has 0 spiro atoms. The summed E-state index contributed by atoms with van der Waals surface area (Å²) in [5, 5.41) is 3.17. The maximum absolute atomic E-state index is 11.0. The molecule has 1 rings (SSSR count). The molecule has 1 atom stereocenters. The lowest BCUT2D eigenvalue weighted by Crippen LogP contribution is -2.28. The van der Waals surface area contributed by atoms with Crippen LogP contribution in [0.25, 0.3) is 0 Å². The van der Waals surface area contributed by atoms with Gasteiger partial charge in [-0.2, -0.15) is 0 Å². The van der Waals surface area contributed by atoms with Crippen LogP contribution in [0, 0.1) is 5.41 Å². The van der Waals surface area contributed by atoms with E-state index >= 15 is 0 Å². The lowest BCUT2D eigenvalue weighted by molar-refractivity contribution is 0.412. The standard InChI is InChI=1S/C7H15NO2S.ClH/c1-7(3-4-8-5-7)6-11(2,9)10;/h8H,3-6H2,1-2H3;1H. The van der Waals surface area contributed by atoms with Gasteiger partial charge in [-0.15, -0.1) is 12.4 Å². The number of halogens is 1. The third kappa shape index (κ3) is 3.74. The molecule has 1 saturated heterocycles. The van der Waals surface area contributed by atoms with Crippen molar-refractivity contribution in [3.05, 3.63) is 0 Å². The first kappa shape index (κ1) is 12.2. The van der Waals surface area contributed by atoms with Gasteiger partial charge in [0.1, 0.15) is 9.84 Å². The van der Waals surface area contributed by atoms with Crippen molar-refractivity contribution in [1.29, 1.82) is 0 Å². The SMILES string of the molecule is CC1(CS(C)(=O)=O)CCNC1.Cl. The van der Waals surface area contributed by atoms with Crippen LogP contribution in [0.1, 0.15) is 13.3 Å². The second kappa shape index (κ2) is 3.94. The second-order valence-electron chi connectivity index (χ2n) is 3.81. The van der Waals surface area contributed by atoms with Gasteiger partial charge in [0, 0.05) is 12.8 Å². The smallest absolute Gasteiger partial charge is 0.148 e. The Labute approximate surface area is 80.3 Å². The molecule has 0 aliphatic carbocycles. The first-order valence-electron chi connectivity index (χ1n) is 3.80. The summed E-state index contributed by atoms with van der Waals surface area (Å²) in [5.74, 6) is 0.312. The average Bonchev–Trinajstić information content (AvgIpc) is 2.09. The predicted molar refractivity (Wildman–Crippen MR) is 52.6 cm³/mol. The number of hydrogen-bond donors (Lipinski definition) is 1. The van der Waals surface area contributed by atoms with Gasteiger partial charge in [-0.05, 0) is 18.4 Å². The molecule has 12 heavy (non-hydrogen) atoms. The molecular weight excluding hydrogens is 198 g/mol. The first-order valence-corrected chi connectivity index (χ1v) is 5.86. The Morgan fingerprint density at radius 2 is 2.08 bits per heavy atom. The van der Waals surface area contributed by atoms with Crippen LogP contribution in [0.3, 0.4) is 0 Å². The fraction of sp³-hybridized carbons (Fsp3) is 1.00. The summed E-state index contributed by atoms with van der Waals surface area (Å²) in [5.41, 5.74) is -0.0203. The minimum atomic E-state index is -2.81. The minimum Gasteiger partial charge on any atom is -0.316 e. The number of nitrogens with one attached hydrogen (secondary N) is 1. The topological polar surface area (TPSA) is 46.2 Å². The summed E-state index contributed by atoms with van der Waals surface area (Å²) in [6.07, 6.45) is 2.27. The zero-order chi connectivity index (χ0) is 8.54. The summed E-state index contributed by atoms with van der Waals surface area (Å²) >= 11 is 0. The zero-order valence-corrected chi connectivity index (χ0v) is 9.09. The van der Waals surface area contributed by atoms with E-state index in [1.54, 1.807) is 0 Å². The first-order chi connectivity index (χ1) is 4.91. The van der Waals surface area contributed by atoms with Crippen molar-refractivity contribution < 1.29 is 8.42 Å². The van der Waals surface area contributed by atoms with Crippen molar-refractivity contribution in [3.8, 4) is 0 Å². The van der Waals surface area contributed by atoms with Gasteiger partial charge in [0.05, 0.1) is 5.75 Å². The molecule has 3 nitrogen and oxygen atoms in total. The van der Waals surface area contributed by atoms with Gasteiger partial charge in [-0.25, -0.2) is 8.42 Å². The van der Waals surface area contributed by atoms with Gasteiger partial charge >= 0.3 is 0 Å². The maximum Gasteiger partial charge on any atom is 0.148 e. The summed E-state index contributed by atoms with van der Waals surface area (Å²) in [7, 11) is -2.81. The van der Waals surface area contributed by atoms with E-state index in [1.165, 1.54) is 6.26 Å². The van der Waals surface area contributed by atoms with Gasteiger partial charge in [0.2, 0.25) is 0 Å². The lowest BCUT2D eigenvalue weighted by Gasteiger charge is -2.20. The summed E-state index contributed by atoms with van der Waals surface area (Å²) in [6, 6.07) is 0. The largest absolute Gasteiger partial charge is 0.316 e. The highest BCUT2D eigenvalue weighted by Crippen LogP contribution is 2.25. The molecule has 1 N–H and O–H groups in total. The molecule has 1 heterocycles. The van der Waals surface area contributed by atoms with Crippen molar-refractivity contribution in [2.45, 2.75) is 13.3 Å². The Morgan fingerprint density at radius 3 is 2.42 bits per heavy atom. The second-order valence-corrected chi connectivity index (χ2v) is 5.95. The maximum atomic E-state index is 11.0. The Kier molecular flexibility index (Phi) is 4.00. The van der Waals surface area contributed by atoms with Gasteiger partial charge in [-0.1, -0.05) is 6.92 Å². The Hall–Kier alpha value is 0.200. The quantitative estimate of drug-likeness (QED) is 0.725. The van der Waals surface area contributed by atoms with Crippen LogP contribution < -0.4 is 5.32 Å². The summed E-state index contributed by atoms with van der Waals surface area (Å²) in [4.78, 5) is 0. The minimum absolute atomic E-state index is 0. The average molecular weight is 214 g/mol.